The molecule has 0 amide bonds. The van der Waals surface area contributed by atoms with E-state index >= 15 is 0 Å². The van der Waals surface area contributed by atoms with E-state index in [1.165, 1.54) is 5.56 Å². The van der Waals surface area contributed by atoms with E-state index in [0.717, 1.165) is 42.4 Å². The van der Waals surface area contributed by atoms with Gasteiger partial charge < -0.3 is 24.4 Å². The summed E-state index contributed by atoms with van der Waals surface area (Å²) in [6, 6.07) is 14.1. The molecule has 0 unspecified atom stereocenters. The van der Waals surface area contributed by atoms with Crippen molar-refractivity contribution in [3.05, 3.63) is 53.6 Å². The predicted octanol–water partition coefficient (Wildman–Crippen LogP) is 3.49. The van der Waals surface area contributed by atoms with Crippen LogP contribution in [0.5, 0.6) is 17.2 Å². The molecule has 0 saturated carbocycles. The van der Waals surface area contributed by atoms with Crippen molar-refractivity contribution in [3.63, 3.8) is 0 Å². The van der Waals surface area contributed by atoms with Crippen LogP contribution < -0.4 is 19.5 Å². The van der Waals surface area contributed by atoms with E-state index in [4.69, 9.17) is 14.2 Å². The van der Waals surface area contributed by atoms with Crippen LogP contribution >= 0.6 is 24.8 Å². The maximum absolute atomic E-state index is 5.84. The summed E-state index contributed by atoms with van der Waals surface area (Å²) in [6.45, 7) is 3.70. The van der Waals surface area contributed by atoms with Gasteiger partial charge >= 0.3 is 0 Å². The second-order valence-electron chi connectivity index (χ2n) is 6.10. The molecule has 0 saturated heterocycles. The fourth-order valence-corrected chi connectivity index (χ4v) is 2.44. The van der Waals surface area contributed by atoms with Crippen molar-refractivity contribution < 1.29 is 14.2 Å². The Balaban J connectivity index is 0.00000169. The summed E-state index contributed by atoms with van der Waals surface area (Å²) in [5, 5.41) is 3.43. The molecule has 144 valence electrons. The highest BCUT2D eigenvalue weighted by molar-refractivity contribution is 5.85. The van der Waals surface area contributed by atoms with E-state index in [1.807, 2.05) is 30.3 Å². The lowest BCUT2D eigenvalue weighted by Gasteiger charge is -2.11. The summed E-state index contributed by atoms with van der Waals surface area (Å²) >= 11 is 0. The maximum Gasteiger partial charge on any atom is 0.231 e. The van der Waals surface area contributed by atoms with Crippen LogP contribution in [0.3, 0.4) is 0 Å². The Bertz CT molecular complexity index is 666. The first-order valence-electron chi connectivity index (χ1n) is 8.16. The van der Waals surface area contributed by atoms with Crippen LogP contribution in [0.15, 0.2) is 42.5 Å². The number of halogens is 2. The molecule has 5 nitrogen and oxygen atoms in total. The number of hydrogen-bond donors (Lipinski definition) is 1. The molecular weight excluding hydrogens is 375 g/mol. The van der Waals surface area contributed by atoms with Crippen molar-refractivity contribution in [3.8, 4) is 17.2 Å². The van der Waals surface area contributed by atoms with Gasteiger partial charge in [-0.2, -0.15) is 0 Å². The molecule has 1 aliphatic rings. The number of hydrogen-bond acceptors (Lipinski definition) is 5. The molecule has 0 fully saturated rings. The molecule has 0 bridgehead atoms. The molecule has 2 aromatic rings. The fraction of sp³-hybridized carbons (Fsp3) is 0.368. The van der Waals surface area contributed by atoms with Gasteiger partial charge in [-0.1, -0.05) is 18.2 Å². The Morgan fingerprint density at radius 3 is 2.38 bits per heavy atom. The minimum atomic E-state index is 0. The third-order valence-electron chi connectivity index (χ3n) is 3.83. The highest BCUT2D eigenvalue weighted by Crippen LogP contribution is 2.32. The van der Waals surface area contributed by atoms with Gasteiger partial charge in [0.05, 0.1) is 0 Å². The molecule has 26 heavy (non-hydrogen) atoms. The number of benzene rings is 2. The van der Waals surface area contributed by atoms with Gasteiger partial charge in [0, 0.05) is 19.6 Å². The molecule has 0 radical (unpaired) electrons. The Morgan fingerprint density at radius 2 is 1.65 bits per heavy atom. The van der Waals surface area contributed by atoms with Crippen molar-refractivity contribution in [1.29, 1.82) is 0 Å². The average molecular weight is 401 g/mol. The summed E-state index contributed by atoms with van der Waals surface area (Å²) in [4.78, 5) is 2.17. The lowest BCUT2D eigenvalue weighted by molar-refractivity contribution is 0.174. The number of ether oxygens (including phenoxy) is 3. The molecular formula is C19H26Cl2N2O3. The van der Waals surface area contributed by atoms with Gasteiger partial charge in [-0.25, -0.2) is 0 Å². The smallest absolute Gasteiger partial charge is 0.231 e. The normalized spacial score (nSPS) is 11.7. The number of fused-ring (bicyclic) bond motifs is 1. The fourth-order valence-electron chi connectivity index (χ4n) is 2.44. The molecule has 1 aliphatic heterocycles. The molecule has 1 heterocycles. The van der Waals surface area contributed by atoms with Crippen LogP contribution in [0, 0.1) is 0 Å². The van der Waals surface area contributed by atoms with Gasteiger partial charge in [-0.3, -0.25) is 0 Å². The Hall–Kier alpha value is -1.66. The maximum atomic E-state index is 5.84. The zero-order valence-corrected chi connectivity index (χ0v) is 16.7. The summed E-state index contributed by atoms with van der Waals surface area (Å²) in [5.41, 5.74) is 2.32. The van der Waals surface area contributed by atoms with E-state index in [2.05, 4.69) is 36.4 Å². The molecule has 0 spiro atoms. The largest absolute Gasteiger partial charge is 0.489 e. The minimum Gasteiger partial charge on any atom is -0.489 e. The minimum absolute atomic E-state index is 0. The second kappa shape index (κ2) is 11.1. The highest BCUT2D eigenvalue weighted by Gasteiger charge is 2.13. The lowest BCUT2D eigenvalue weighted by atomic mass is 10.2. The van der Waals surface area contributed by atoms with E-state index in [1.54, 1.807) is 0 Å². The Morgan fingerprint density at radius 1 is 0.962 bits per heavy atom. The number of likely N-dealkylation sites (N-methyl/N-ethyl adjacent to an activating group) is 1. The summed E-state index contributed by atoms with van der Waals surface area (Å²) in [7, 11) is 4.15. The van der Waals surface area contributed by atoms with Crippen molar-refractivity contribution in [1.82, 2.24) is 10.2 Å². The van der Waals surface area contributed by atoms with Gasteiger partial charge in [-0.05, 0) is 49.5 Å². The third kappa shape index (κ3) is 6.57. The standard InChI is InChI=1S/C19H24N2O3.2ClH/c1-21(2)10-9-20-12-15-3-6-17(7-4-15)22-13-16-5-8-18-19(11-16)24-14-23-18;;/h3-8,11,20H,9-10,12-14H2,1-2H3;2*1H. The first-order chi connectivity index (χ1) is 11.7. The van der Waals surface area contributed by atoms with Crippen LogP contribution in [0.4, 0.5) is 0 Å². The van der Waals surface area contributed by atoms with Gasteiger partial charge in [0.25, 0.3) is 0 Å². The molecule has 0 aromatic heterocycles. The molecule has 0 atom stereocenters. The Labute approximate surface area is 167 Å². The van der Waals surface area contributed by atoms with Crippen molar-refractivity contribution in [2.45, 2.75) is 13.2 Å². The van der Waals surface area contributed by atoms with Gasteiger partial charge in [0.2, 0.25) is 6.79 Å². The molecule has 0 aliphatic carbocycles. The summed E-state index contributed by atoms with van der Waals surface area (Å²) < 4.78 is 16.5. The highest BCUT2D eigenvalue weighted by atomic mass is 35.5. The molecule has 3 rings (SSSR count). The monoisotopic (exact) mass is 400 g/mol. The summed E-state index contributed by atoms with van der Waals surface area (Å²) in [5.74, 6) is 2.45. The Kier molecular flexibility index (Phi) is 9.59. The van der Waals surface area contributed by atoms with Crippen LogP contribution in [-0.2, 0) is 13.2 Å². The van der Waals surface area contributed by atoms with Crippen LogP contribution in [0.25, 0.3) is 0 Å². The first-order valence-corrected chi connectivity index (χ1v) is 8.16. The van der Waals surface area contributed by atoms with Crippen molar-refractivity contribution in [2.24, 2.45) is 0 Å². The molecule has 2 aromatic carbocycles. The quantitative estimate of drug-likeness (QED) is 0.686. The zero-order chi connectivity index (χ0) is 16.8. The topological polar surface area (TPSA) is 43.0 Å². The average Bonchev–Trinajstić information content (AvgIpc) is 3.05. The lowest BCUT2D eigenvalue weighted by Crippen LogP contribution is -2.26. The van der Waals surface area contributed by atoms with Gasteiger partial charge in [0.15, 0.2) is 11.5 Å². The van der Waals surface area contributed by atoms with E-state index < -0.39 is 0 Å². The third-order valence-corrected chi connectivity index (χ3v) is 3.83. The van der Waals surface area contributed by atoms with E-state index in [0.29, 0.717) is 13.4 Å². The molecule has 7 heteroatoms. The number of nitrogens with zero attached hydrogens (tertiary/aromatic N) is 1. The van der Waals surface area contributed by atoms with Crippen LogP contribution in [0.1, 0.15) is 11.1 Å². The molecule has 1 N–H and O–H groups in total. The zero-order valence-electron chi connectivity index (χ0n) is 15.1. The summed E-state index contributed by atoms with van der Waals surface area (Å²) in [6.07, 6.45) is 0. The first kappa shape index (κ1) is 22.4. The number of rotatable bonds is 8. The van der Waals surface area contributed by atoms with Crippen LogP contribution in [0.2, 0.25) is 0 Å². The predicted molar refractivity (Wildman–Crippen MR) is 108 cm³/mol. The van der Waals surface area contributed by atoms with Crippen molar-refractivity contribution in [2.75, 3.05) is 34.0 Å². The van der Waals surface area contributed by atoms with Gasteiger partial charge in [-0.15, -0.1) is 24.8 Å². The SMILES string of the molecule is CN(C)CCNCc1ccc(OCc2ccc3c(c2)OCO3)cc1.Cl.Cl. The van der Waals surface area contributed by atoms with Gasteiger partial charge in [0.1, 0.15) is 12.4 Å². The van der Waals surface area contributed by atoms with Crippen LogP contribution in [-0.4, -0.2) is 38.9 Å². The van der Waals surface area contributed by atoms with E-state index in [9.17, 15) is 0 Å². The second-order valence-corrected chi connectivity index (χ2v) is 6.10. The van der Waals surface area contributed by atoms with Crippen molar-refractivity contribution >= 4 is 24.8 Å². The van der Waals surface area contributed by atoms with E-state index in [-0.39, 0.29) is 24.8 Å². The number of nitrogens with one attached hydrogen (secondary N) is 1.